The fourth-order valence-electron chi connectivity index (χ4n) is 4.18. The molecule has 1 aromatic rings. The van der Waals surface area contributed by atoms with Crippen molar-refractivity contribution in [3.8, 4) is 0 Å². The second kappa shape index (κ2) is 12.5. The van der Waals surface area contributed by atoms with Gasteiger partial charge in [0.15, 0.2) is 0 Å². The first-order valence-corrected chi connectivity index (χ1v) is 11.1. The van der Waals surface area contributed by atoms with Crippen LogP contribution in [-0.2, 0) is 26.9 Å². The Kier molecular flexibility index (Phi) is 10.4. The van der Waals surface area contributed by atoms with E-state index in [1.807, 2.05) is 0 Å². The molecule has 1 saturated heterocycles. The van der Waals surface area contributed by atoms with E-state index >= 15 is 0 Å². The average Bonchev–Trinajstić information content (AvgIpc) is 2.79. The summed E-state index contributed by atoms with van der Waals surface area (Å²) in [6.07, 6.45) is -1.43. The second-order valence-corrected chi connectivity index (χ2v) is 8.49. The molecule has 2 amide bonds. The molecule has 0 bridgehead atoms. The lowest BCUT2D eigenvalue weighted by Crippen LogP contribution is -2.56. The van der Waals surface area contributed by atoms with Crippen molar-refractivity contribution in [1.82, 2.24) is 15.8 Å². The summed E-state index contributed by atoms with van der Waals surface area (Å²) in [5, 5.41) is 4.49. The Hall–Kier alpha value is -1.88. The topological polar surface area (TPSA) is 96.7 Å². The minimum atomic E-state index is -4.48. The highest BCUT2D eigenvalue weighted by Crippen LogP contribution is 2.30. The van der Waals surface area contributed by atoms with Crippen LogP contribution in [0.4, 0.5) is 13.2 Å². The molecule has 0 aromatic heterocycles. The third-order valence-electron chi connectivity index (χ3n) is 6.16. The van der Waals surface area contributed by atoms with E-state index in [0.717, 1.165) is 25.0 Å². The maximum Gasteiger partial charge on any atom is 0.416 e. The van der Waals surface area contributed by atoms with E-state index in [4.69, 9.17) is 10.5 Å². The standard InChI is InChI=1S/C22H31F3N4O3.ClH/c23-22(24,25)18-3-1-2-16(12-18)13-19(21(31)28-29-8-10-32-11-9-29)27-20(30)17-6-4-15(14-26)5-7-17;/h1-3,12,15,17,19H,4-11,13-14,26H2,(H,27,30)(H,28,31);1H/t15-,17-,19?;. The van der Waals surface area contributed by atoms with E-state index < -0.39 is 23.7 Å². The molecule has 0 radical (unpaired) electrons. The number of morpholine rings is 1. The third-order valence-corrected chi connectivity index (χ3v) is 6.16. The van der Waals surface area contributed by atoms with E-state index in [1.54, 1.807) is 5.01 Å². The quantitative estimate of drug-likeness (QED) is 0.542. The number of nitrogens with two attached hydrogens (primary N) is 1. The van der Waals surface area contributed by atoms with Gasteiger partial charge in [-0.2, -0.15) is 13.2 Å². The summed E-state index contributed by atoms with van der Waals surface area (Å²) in [5.74, 6) is -0.509. The highest BCUT2D eigenvalue weighted by atomic mass is 35.5. The van der Waals surface area contributed by atoms with E-state index in [-0.39, 0.29) is 30.7 Å². The molecule has 4 N–H and O–H groups in total. The molecule has 2 fully saturated rings. The third kappa shape index (κ3) is 8.13. The number of nitrogens with one attached hydrogen (secondary N) is 2. The van der Waals surface area contributed by atoms with Crippen LogP contribution < -0.4 is 16.5 Å². The molecule has 11 heteroatoms. The van der Waals surface area contributed by atoms with Gasteiger partial charge in [-0.05, 0) is 49.8 Å². The Balaban J connectivity index is 0.00000385. The normalized spacial score (nSPS) is 22.7. The zero-order chi connectivity index (χ0) is 23.1. The molecule has 33 heavy (non-hydrogen) atoms. The molecule has 1 atom stereocenters. The first kappa shape index (κ1) is 27.4. The molecule has 7 nitrogen and oxygen atoms in total. The molecule has 1 aliphatic carbocycles. The van der Waals surface area contributed by atoms with Crippen LogP contribution in [0.15, 0.2) is 24.3 Å². The maximum absolute atomic E-state index is 13.1. The second-order valence-electron chi connectivity index (χ2n) is 8.49. The van der Waals surface area contributed by atoms with E-state index in [0.29, 0.717) is 57.2 Å². The van der Waals surface area contributed by atoms with Crippen LogP contribution in [0.3, 0.4) is 0 Å². The van der Waals surface area contributed by atoms with Gasteiger partial charge in [0.2, 0.25) is 5.91 Å². The van der Waals surface area contributed by atoms with Gasteiger partial charge < -0.3 is 15.8 Å². The monoisotopic (exact) mass is 492 g/mol. The molecule has 2 aliphatic rings. The van der Waals surface area contributed by atoms with Gasteiger partial charge in [-0.3, -0.25) is 15.0 Å². The Morgan fingerprint density at radius 1 is 1.15 bits per heavy atom. The van der Waals surface area contributed by atoms with Crippen LogP contribution in [0.25, 0.3) is 0 Å². The summed E-state index contributed by atoms with van der Waals surface area (Å²) < 4.78 is 44.6. The van der Waals surface area contributed by atoms with Crippen LogP contribution in [-0.4, -0.2) is 55.7 Å². The molecule has 0 spiro atoms. The van der Waals surface area contributed by atoms with Crippen molar-refractivity contribution >= 4 is 24.2 Å². The van der Waals surface area contributed by atoms with E-state index in [1.165, 1.54) is 12.1 Å². The number of halogens is 4. The molecule has 1 aliphatic heterocycles. The number of amides is 2. The van der Waals surface area contributed by atoms with E-state index in [2.05, 4.69) is 10.7 Å². The minimum Gasteiger partial charge on any atom is -0.379 e. The van der Waals surface area contributed by atoms with Crippen LogP contribution in [0.5, 0.6) is 0 Å². The summed E-state index contributed by atoms with van der Waals surface area (Å²) >= 11 is 0. The predicted molar refractivity (Wildman–Crippen MR) is 119 cm³/mol. The van der Waals surface area contributed by atoms with Crippen LogP contribution in [0.2, 0.25) is 0 Å². The van der Waals surface area contributed by atoms with Gasteiger partial charge in [-0.1, -0.05) is 18.2 Å². The fraction of sp³-hybridized carbons (Fsp3) is 0.636. The molecule has 3 rings (SSSR count). The zero-order valence-electron chi connectivity index (χ0n) is 18.4. The summed E-state index contributed by atoms with van der Waals surface area (Å²) in [4.78, 5) is 25.8. The zero-order valence-corrected chi connectivity index (χ0v) is 19.2. The molecule has 186 valence electrons. The number of hydrogen-bond donors (Lipinski definition) is 3. The van der Waals surface area contributed by atoms with Crippen molar-refractivity contribution in [2.45, 2.75) is 44.3 Å². The Morgan fingerprint density at radius 2 is 1.82 bits per heavy atom. The maximum atomic E-state index is 13.1. The molecule has 1 heterocycles. The van der Waals surface area contributed by atoms with Crippen molar-refractivity contribution in [2.24, 2.45) is 17.6 Å². The molecular formula is C22H32ClF3N4O3. The molecular weight excluding hydrogens is 461 g/mol. The summed E-state index contributed by atoms with van der Waals surface area (Å²) in [6.45, 7) is 2.53. The molecule has 1 saturated carbocycles. The van der Waals surface area contributed by atoms with Gasteiger partial charge in [0.1, 0.15) is 6.04 Å². The highest BCUT2D eigenvalue weighted by Gasteiger charge is 2.32. The van der Waals surface area contributed by atoms with Crippen molar-refractivity contribution in [1.29, 1.82) is 0 Å². The highest BCUT2D eigenvalue weighted by molar-refractivity contribution is 5.88. The van der Waals surface area contributed by atoms with Crippen molar-refractivity contribution in [3.63, 3.8) is 0 Å². The largest absolute Gasteiger partial charge is 0.416 e. The summed E-state index contributed by atoms with van der Waals surface area (Å²) in [7, 11) is 0. The van der Waals surface area contributed by atoms with Crippen LogP contribution in [0, 0.1) is 11.8 Å². The Labute approximate surface area is 198 Å². The van der Waals surface area contributed by atoms with Gasteiger partial charge >= 0.3 is 6.18 Å². The first-order valence-electron chi connectivity index (χ1n) is 11.1. The lowest BCUT2D eigenvalue weighted by Gasteiger charge is -2.31. The summed E-state index contributed by atoms with van der Waals surface area (Å²) in [5.41, 5.74) is 8.03. The van der Waals surface area contributed by atoms with Crippen LogP contribution >= 0.6 is 12.4 Å². The average molecular weight is 493 g/mol. The number of hydrazine groups is 1. The van der Waals surface area contributed by atoms with Crippen molar-refractivity contribution in [2.75, 3.05) is 32.8 Å². The lowest BCUT2D eigenvalue weighted by molar-refractivity contribution is -0.137. The lowest BCUT2D eigenvalue weighted by atomic mass is 9.81. The molecule has 1 unspecified atom stereocenters. The summed E-state index contributed by atoms with van der Waals surface area (Å²) in [6, 6.07) is 3.86. The number of carbonyl (C=O) groups excluding carboxylic acids is 2. The van der Waals surface area contributed by atoms with E-state index in [9.17, 15) is 22.8 Å². The number of ether oxygens (including phenoxy) is 1. The number of benzene rings is 1. The molecule has 1 aromatic carbocycles. The fourth-order valence-corrected chi connectivity index (χ4v) is 4.18. The SMILES string of the molecule is Cl.NC[C@H]1CC[C@H](C(=O)NC(Cc2cccc(C(F)(F)F)c2)C(=O)NN2CCOCC2)CC1. The smallest absolute Gasteiger partial charge is 0.379 e. The number of nitrogens with zero attached hydrogens (tertiary/aromatic N) is 1. The first-order chi connectivity index (χ1) is 15.3. The van der Waals surface area contributed by atoms with Gasteiger partial charge in [0, 0.05) is 25.4 Å². The number of alkyl halides is 3. The van der Waals surface area contributed by atoms with Gasteiger partial charge in [-0.25, -0.2) is 5.01 Å². The minimum absolute atomic E-state index is 0. The van der Waals surface area contributed by atoms with Crippen LogP contribution in [0.1, 0.15) is 36.8 Å². The Bertz CT molecular complexity index is 782. The van der Waals surface area contributed by atoms with Gasteiger partial charge in [0.25, 0.3) is 5.91 Å². The number of rotatable bonds is 7. The Morgan fingerprint density at radius 3 is 2.42 bits per heavy atom. The predicted octanol–water partition coefficient (Wildman–Crippen LogP) is 2.28. The van der Waals surface area contributed by atoms with Gasteiger partial charge in [-0.15, -0.1) is 12.4 Å². The van der Waals surface area contributed by atoms with Gasteiger partial charge in [0.05, 0.1) is 18.8 Å². The number of hydrogen-bond acceptors (Lipinski definition) is 5. The van der Waals surface area contributed by atoms with Crippen molar-refractivity contribution in [3.05, 3.63) is 35.4 Å². The number of carbonyl (C=O) groups is 2. The van der Waals surface area contributed by atoms with Crippen molar-refractivity contribution < 1.29 is 27.5 Å².